The van der Waals surface area contributed by atoms with Crippen molar-refractivity contribution in [1.82, 2.24) is 14.9 Å². The molecule has 2 aliphatic rings. The Morgan fingerprint density at radius 3 is 2.85 bits per heavy atom. The summed E-state index contributed by atoms with van der Waals surface area (Å²) >= 11 is 0. The third kappa shape index (κ3) is 4.94. The molecule has 2 amide bonds. The van der Waals surface area contributed by atoms with Crippen LogP contribution in [0.1, 0.15) is 46.4 Å². The van der Waals surface area contributed by atoms with Crippen molar-refractivity contribution in [3.63, 3.8) is 0 Å². The molecule has 10 heteroatoms. The molecule has 0 atom stereocenters. The second-order valence-electron chi connectivity index (χ2n) is 8.27. The lowest BCUT2D eigenvalue weighted by atomic mass is 10.0. The van der Waals surface area contributed by atoms with E-state index in [1.54, 1.807) is 12.1 Å². The van der Waals surface area contributed by atoms with Gasteiger partial charge in [0.05, 0.1) is 12.8 Å². The lowest BCUT2D eigenvalue weighted by molar-refractivity contribution is 0.111. The zero-order chi connectivity index (χ0) is 23.4. The van der Waals surface area contributed by atoms with E-state index in [-0.39, 0.29) is 24.2 Å². The fourth-order valence-corrected chi connectivity index (χ4v) is 4.13. The highest BCUT2D eigenvalue weighted by Gasteiger charge is 2.26. The quantitative estimate of drug-likeness (QED) is 0.662. The lowest BCUT2D eigenvalue weighted by Crippen LogP contribution is -2.40. The Hall–Kier alpha value is -3.55. The SMILES string of the molecule is CN1CCC(Oc2cc(NC(=O)N3CCCc4cc(CO)c(C=O)nc43)ncc2C#N)CC1. The van der Waals surface area contributed by atoms with E-state index in [2.05, 4.69) is 33.3 Å². The second kappa shape index (κ2) is 9.94. The van der Waals surface area contributed by atoms with Gasteiger partial charge in [0.2, 0.25) is 0 Å². The van der Waals surface area contributed by atoms with E-state index < -0.39 is 6.03 Å². The summed E-state index contributed by atoms with van der Waals surface area (Å²) in [5.41, 5.74) is 1.66. The van der Waals surface area contributed by atoms with Crippen LogP contribution in [0.4, 0.5) is 16.4 Å². The van der Waals surface area contributed by atoms with Gasteiger partial charge in [-0.05, 0) is 44.4 Å². The number of nitrogens with zero attached hydrogens (tertiary/aromatic N) is 5. The number of urea groups is 1. The Labute approximate surface area is 191 Å². The van der Waals surface area contributed by atoms with Crippen LogP contribution in [0.2, 0.25) is 0 Å². The first kappa shape index (κ1) is 22.6. The first-order valence-electron chi connectivity index (χ1n) is 10.9. The van der Waals surface area contributed by atoms with Crippen LogP contribution in [-0.2, 0) is 13.0 Å². The highest BCUT2D eigenvalue weighted by molar-refractivity contribution is 6.01. The molecule has 0 aliphatic carbocycles. The van der Waals surface area contributed by atoms with E-state index in [1.807, 2.05) is 0 Å². The molecule has 10 nitrogen and oxygen atoms in total. The number of fused-ring (bicyclic) bond motifs is 1. The smallest absolute Gasteiger partial charge is 0.328 e. The molecule has 4 heterocycles. The monoisotopic (exact) mass is 450 g/mol. The standard InChI is InChI=1S/C23H26N6O4/c1-28-7-4-18(5-8-28)33-20-10-21(25-12-17(20)11-24)27-23(32)29-6-2-3-15-9-16(13-30)19(14-31)26-22(15)29/h9-10,12,14,18,30H,2-8,13H2,1H3,(H,25,27,32). The number of carbonyl (C=O) groups excluding carboxylic acids is 2. The molecule has 4 rings (SSSR count). The number of aliphatic hydroxyl groups is 1. The number of aryl methyl sites for hydroxylation is 1. The summed E-state index contributed by atoms with van der Waals surface area (Å²) < 4.78 is 6.08. The van der Waals surface area contributed by atoms with E-state index >= 15 is 0 Å². The number of hydrogen-bond acceptors (Lipinski definition) is 8. The molecule has 172 valence electrons. The molecule has 0 bridgehead atoms. The van der Waals surface area contributed by atoms with Gasteiger partial charge in [0.1, 0.15) is 40.8 Å². The summed E-state index contributed by atoms with van der Waals surface area (Å²) in [6.45, 7) is 1.97. The van der Waals surface area contributed by atoms with Crippen molar-refractivity contribution in [2.45, 2.75) is 38.4 Å². The maximum atomic E-state index is 13.1. The van der Waals surface area contributed by atoms with Crippen LogP contribution in [0, 0.1) is 11.3 Å². The van der Waals surface area contributed by atoms with Crippen LogP contribution in [0.25, 0.3) is 0 Å². The molecule has 2 aromatic heterocycles. The van der Waals surface area contributed by atoms with Gasteiger partial charge in [0.15, 0.2) is 6.29 Å². The number of aliphatic hydroxyl groups excluding tert-OH is 1. The van der Waals surface area contributed by atoms with Crippen LogP contribution >= 0.6 is 0 Å². The minimum Gasteiger partial charge on any atom is -0.489 e. The number of nitriles is 1. The third-order valence-corrected chi connectivity index (χ3v) is 5.98. The number of aldehydes is 1. The molecule has 0 unspecified atom stereocenters. The molecule has 2 aromatic rings. The number of carbonyl (C=O) groups is 2. The Bertz CT molecular complexity index is 1090. The summed E-state index contributed by atoms with van der Waals surface area (Å²) in [6.07, 6.45) is 5.10. The van der Waals surface area contributed by atoms with Gasteiger partial charge < -0.3 is 14.7 Å². The predicted octanol–water partition coefficient (Wildman–Crippen LogP) is 2.11. The fourth-order valence-electron chi connectivity index (χ4n) is 4.13. The number of amides is 2. The summed E-state index contributed by atoms with van der Waals surface area (Å²) in [5.74, 6) is 1.05. The highest BCUT2D eigenvalue weighted by Crippen LogP contribution is 2.29. The van der Waals surface area contributed by atoms with Crippen molar-refractivity contribution in [2.24, 2.45) is 0 Å². The zero-order valence-corrected chi connectivity index (χ0v) is 18.5. The number of aromatic nitrogens is 2. The average molecular weight is 450 g/mol. The Morgan fingerprint density at radius 2 is 2.15 bits per heavy atom. The van der Waals surface area contributed by atoms with Crippen LogP contribution in [-0.4, -0.2) is 65.1 Å². The van der Waals surface area contributed by atoms with Crippen LogP contribution in [0.3, 0.4) is 0 Å². The second-order valence-corrected chi connectivity index (χ2v) is 8.27. The summed E-state index contributed by atoms with van der Waals surface area (Å²) in [7, 11) is 2.06. The maximum Gasteiger partial charge on any atom is 0.328 e. The van der Waals surface area contributed by atoms with Gasteiger partial charge in [-0.25, -0.2) is 14.8 Å². The molecule has 1 saturated heterocycles. The van der Waals surface area contributed by atoms with Gasteiger partial charge in [-0.3, -0.25) is 15.0 Å². The predicted molar refractivity (Wildman–Crippen MR) is 120 cm³/mol. The van der Waals surface area contributed by atoms with E-state index in [0.29, 0.717) is 41.9 Å². The summed E-state index contributed by atoms with van der Waals surface area (Å²) in [6, 6.07) is 4.93. The Kier molecular flexibility index (Phi) is 6.82. The van der Waals surface area contributed by atoms with Gasteiger partial charge >= 0.3 is 6.03 Å². The molecule has 1 fully saturated rings. The number of hydrogen-bond donors (Lipinski definition) is 2. The Balaban J connectivity index is 1.53. The highest BCUT2D eigenvalue weighted by atomic mass is 16.5. The molecule has 2 N–H and O–H groups in total. The molecule has 2 aliphatic heterocycles. The first-order valence-corrected chi connectivity index (χ1v) is 10.9. The number of ether oxygens (including phenoxy) is 1. The van der Waals surface area contributed by atoms with Gasteiger partial charge in [0.25, 0.3) is 0 Å². The maximum absolute atomic E-state index is 13.1. The van der Waals surface area contributed by atoms with Crippen LogP contribution in [0.15, 0.2) is 18.3 Å². The number of rotatable bonds is 5. The summed E-state index contributed by atoms with van der Waals surface area (Å²) in [5, 5.41) is 21.7. The van der Waals surface area contributed by atoms with Gasteiger partial charge in [0, 0.05) is 31.3 Å². The minimum atomic E-state index is -0.445. The fraction of sp³-hybridized carbons (Fsp3) is 0.435. The number of pyridine rings is 2. The van der Waals surface area contributed by atoms with E-state index in [4.69, 9.17) is 4.74 Å². The molecule has 0 radical (unpaired) electrons. The number of piperidine rings is 1. The number of likely N-dealkylation sites (tertiary alicyclic amines) is 1. The van der Waals surface area contributed by atoms with Crippen molar-refractivity contribution in [1.29, 1.82) is 5.26 Å². The minimum absolute atomic E-state index is 0.0000872. The third-order valence-electron chi connectivity index (χ3n) is 5.98. The van der Waals surface area contributed by atoms with Gasteiger partial charge in [-0.15, -0.1) is 0 Å². The van der Waals surface area contributed by atoms with Crippen molar-refractivity contribution in [2.75, 3.05) is 36.9 Å². The average Bonchev–Trinajstić information content (AvgIpc) is 2.84. The lowest BCUT2D eigenvalue weighted by Gasteiger charge is -2.30. The molecular formula is C23H26N6O4. The zero-order valence-electron chi connectivity index (χ0n) is 18.5. The Morgan fingerprint density at radius 1 is 1.36 bits per heavy atom. The summed E-state index contributed by atoms with van der Waals surface area (Å²) in [4.78, 5) is 36.6. The van der Waals surface area contributed by atoms with E-state index in [9.17, 15) is 20.0 Å². The molecule has 0 aromatic carbocycles. The normalized spacial score (nSPS) is 16.6. The van der Waals surface area contributed by atoms with Crippen molar-refractivity contribution in [3.05, 3.63) is 40.7 Å². The number of anilines is 2. The number of nitrogens with one attached hydrogen (secondary N) is 1. The van der Waals surface area contributed by atoms with Crippen LogP contribution < -0.4 is 15.0 Å². The molecule has 0 saturated carbocycles. The van der Waals surface area contributed by atoms with Gasteiger partial charge in [-0.2, -0.15) is 5.26 Å². The topological polar surface area (TPSA) is 132 Å². The van der Waals surface area contributed by atoms with Crippen molar-refractivity contribution in [3.8, 4) is 11.8 Å². The van der Waals surface area contributed by atoms with Crippen molar-refractivity contribution < 1.29 is 19.4 Å². The molecular weight excluding hydrogens is 424 g/mol. The van der Waals surface area contributed by atoms with Gasteiger partial charge in [-0.1, -0.05) is 0 Å². The van der Waals surface area contributed by atoms with Crippen LogP contribution in [0.5, 0.6) is 5.75 Å². The molecule has 0 spiro atoms. The largest absolute Gasteiger partial charge is 0.489 e. The van der Waals surface area contributed by atoms with Crippen molar-refractivity contribution >= 4 is 24.0 Å². The van der Waals surface area contributed by atoms with E-state index in [1.165, 1.54) is 11.1 Å². The van der Waals surface area contributed by atoms with E-state index in [0.717, 1.165) is 37.9 Å². The molecule has 33 heavy (non-hydrogen) atoms. The first-order chi connectivity index (χ1) is 16.0.